The molecule has 0 atom stereocenters. The van der Waals surface area contributed by atoms with E-state index < -0.39 is 0 Å². The third kappa shape index (κ3) is 5.51. The molecule has 2 N–H and O–H groups in total. The van der Waals surface area contributed by atoms with E-state index >= 15 is 0 Å². The summed E-state index contributed by atoms with van der Waals surface area (Å²) in [4.78, 5) is 11.7. The first-order valence-electron chi connectivity index (χ1n) is 7.04. The van der Waals surface area contributed by atoms with Crippen LogP contribution in [0.3, 0.4) is 0 Å². The number of aryl methyl sites for hydroxylation is 1. The molecule has 5 heteroatoms. The fourth-order valence-corrected chi connectivity index (χ4v) is 2.06. The highest BCUT2D eigenvalue weighted by atomic mass is 79.9. The van der Waals surface area contributed by atoms with Crippen molar-refractivity contribution in [1.29, 1.82) is 0 Å². The largest absolute Gasteiger partial charge is 0.381 e. The van der Waals surface area contributed by atoms with Gasteiger partial charge in [-0.05, 0) is 55.9 Å². The summed E-state index contributed by atoms with van der Waals surface area (Å²) in [6, 6.07) is 5.56. The van der Waals surface area contributed by atoms with Gasteiger partial charge in [0.15, 0.2) is 0 Å². The predicted octanol–water partition coefficient (Wildman–Crippen LogP) is 3.70. The van der Waals surface area contributed by atoms with Gasteiger partial charge in [-0.25, -0.2) is 4.79 Å². The number of halogens is 1. The molecular formula is C15H21BrN2O2. The number of nitrogens with one attached hydrogen (secondary N) is 2. The summed E-state index contributed by atoms with van der Waals surface area (Å²) in [6.45, 7) is 4.22. The quantitative estimate of drug-likeness (QED) is 0.743. The van der Waals surface area contributed by atoms with Crippen LogP contribution >= 0.6 is 15.9 Å². The molecule has 1 aromatic carbocycles. The van der Waals surface area contributed by atoms with Gasteiger partial charge in [-0.1, -0.05) is 15.9 Å². The number of carbonyl (C=O) groups is 1. The Bertz CT molecular complexity index is 461. The molecule has 1 fully saturated rings. The first kappa shape index (κ1) is 15.3. The van der Waals surface area contributed by atoms with Crippen LogP contribution in [0, 0.1) is 12.8 Å². The molecule has 0 bridgehead atoms. The molecule has 4 nitrogen and oxygen atoms in total. The molecule has 0 aliphatic heterocycles. The molecule has 1 aliphatic carbocycles. The van der Waals surface area contributed by atoms with Crippen LogP contribution in [0.4, 0.5) is 10.5 Å². The molecule has 20 heavy (non-hydrogen) atoms. The lowest BCUT2D eigenvalue weighted by Gasteiger charge is -2.09. The Morgan fingerprint density at radius 2 is 2.25 bits per heavy atom. The van der Waals surface area contributed by atoms with E-state index in [1.165, 1.54) is 12.8 Å². The Balaban J connectivity index is 1.58. The van der Waals surface area contributed by atoms with Crippen molar-refractivity contribution in [3.63, 3.8) is 0 Å². The number of benzene rings is 1. The van der Waals surface area contributed by atoms with Gasteiger partial charge >= 0.3 is 6.03 Å². The average molecular weight is 341 g/mol. The molecule has 0 unspecified atom stereocenters. The third-order valence-corrected chi connectivity index (χ3v) is 4.11. The van der Waals surface area contributed by atoms with Crippen LogP contribution in [-0.2, 0) is 4.74 Å². The Hall–Kier alpha value is -1.07. The lowest BCUT2D eigenvalue weighted by Crippen LogP contribution is -2.30. The zero-order valence-corrected chi connectivity index (χ0v) is 13.3. The molecule has 2 amide bonds. The standard InChI is InChI=1S/C15H21BrN2O2/c1-11-9-13(5-6-14(11)16)18-15(19)17-7-2-8-20-10-12-3-4-12/h5-6,9,12H,2-4,7-8,10H2,1H3,(H2,17,18,19). The van der Waals surface area contributed by atoms with E-state index in [0.29, 0.717) is 13.2 Å². The van der Waals surface area contributed by atoms with Crippen LogP contribution in [-0.4, -0.2) is 25.8 Å². The smallest absolute Gasteiger partial charge is 0.319 e. The minimum absolute atomic E-state index is 0.172. The highest BCUT2D eigenvalue weighted by molar-refractivity contribution is 9.10. The summed E-state index contributed by atoms with van der Waals surface area (Å²) in [5, 5.41) is 5.64. The first-order chi connectivity index (χ1) is 9.65. The van der Waals surface area contributed by atoms with Gasteiger partial charge in [0.1, 0.15) is 0 Å². The summed E-state index contributed by atoms with van der Waals surface area (Å²) < 4.78 is 6.55. The van der Waals surface area contributed by atoms with E-state index in [0.717, 1.165) is 34.7 Å². The normalized spacial score (nSPS) is 14.1. The summed E-state index contributed by atoms with van der Waals surface area (Å²) in [5.74, 6) is 0.798. The molecule has 2 rings (SSSR count). The highest BCUT2D eigenvalue weighted by Gasteiger charge is 2.20. The van der Waals surface area contributed by atoms with Crippen LogP contribution in [0.25, 0.3) is 0 Å². The van der Waals surface area contributed by atoms with Gasteiger partial charge in [-0.15, -0.1) is 0 Å². The topological polar surface area (TPSA) is 50.4 Å². The van der Waals surface area contributed by atoms with E-state index in [-0.39, 0.29) is 6.03 Å². The number of carbonyl (C=O) groups excluding carboxylic acids is 1. The first-order valence-corrected chi connectivity index (χ1v) is 7.83. The number of hydrogen-bond acceptors (Lipinski definition) is 2. The summed E-state index contributed by atoms with van der Waals surface area (Å²) in [5.41, 5.74) is 1.89. The predicted molar refractivity (Wildman–Crippen MR) is 84.1 cm³/mol. The van der Waals surface area contributed by atoms with Crippen molar-refractivity contribution in [2.45, 2.75) is 26.2 Å². The molecule has 1 aromatic rings. The van der Waals surface area contributed by atoms with Gasteiger partial charge < -0.3 is 15.4 Å². The second kappa shape index (κ2) is 7.64. The Labute approximate surface area is 128 Å². The Morgan fingerprint density at radius 3 is 2.95 bits per heavy atom. The molecule has 0 aromatic heterocycles. The third-order valence-electron chi connectivity index (χ3n) is 3.22. The average Bonchev–Trinajstić information content (AvgIpc) is 3.22. The Morgan fingerprint density at radius 1 is 1.45 bits per heavy atom. The Kier molecular flexibility index (Phi) is 5.86. The van der Waals surface area contributed by atoms with Crippen molar-refractivity contribution in [3.8, 4) is 0 Å². The molecule has 0 heterocycles. The van der Waals surface area contributed by atoms with Gasteiger partial charge in [-0.2, -0.15) is 0 Å². The number of rotatable bonds is 7. The lowest BCUT2D eigenvalue weighted by molar-refractivity contribution is 0.122. The minimum Gasteiger partial charge on any atom is -0.381 e. The van der Waals surface area contributed by atoms with Crippen LogP contribution in [0.5, 0.6) is 0 Å². The number of amides is 2. The number of hydrogen-bond donors (Lipinski definition) is 2. The number of ether oxygens (including phenoxy) is 1. The van der Waals surface area contributed by atoms with Crippen molar-refractivity contribution in [3.05, 3.63) is 28.2 Å². The minimum atomic E-state index is -0.172. The van der Waals surface area contributed by atoms with Crippen molar-refractivity contribution < 1.29 is 9.53 Å². The van der Waals surface area contributed by atoms with Crippen LogP contribution in [0.1, 0.15) is 24.8 Å². The molecule has 0 saturated heterocycles. The maximum atomic E-state index is 11.7. The van der Waals surface area contributed by atoms with Crippen LogP contribution in [0.15, 0.2) is 22.7 Å². The fraction of sp³-hybridized carbons (Fsp3) is 0.533. The summed E-state index contributed by atoms with van der Waals surface area (Å²) in [7, 11) is 0. The van der Waals surface area contributed by atoms with E-state index in [1.54, 1.807) is 0 Å². The van der Waals surface area contributed by atoms with Crippen molar-refractivity contribution >= 4 is 27.6 Å². The lowest BCUT2D eigenvalue weighted by atomic mass is 10.2. The van der Waals surface area contributed by atoms with E-state index in [2.05, 4.69) is 26.6 Å². The second-order valence-electron chi connectivity index (χ2n) is 5.22. The van der Waals surface area contributed by atoms with Crippen molar-refractivity contribution in [1.82, 2.24) is 5.32 Å². The zero-order valence-electron chi connectivity index (χ0n) is 11.7. The molecule has 0 radical (unpaired) electrons. The summed E-state index contributed by atoms with van der Waals surface area (Å²) in [6.07, 6.45) is 3.47. The zero-order chi connectivity index (χ0) is 14.4. The number of anilines is 1. The van der Waals surface area contributed by atoms with Gasteiger partial charge in [0, 0.05) is 29.9 Å². The van der Waals surface area contributed by atoms with Crippen molar-refractivity contribution in [2.24, 2.45) is 5.92 Å². The van der Waals surface area contributed by atoms with Gasteiger partial charge in [-0.3, -0.25) is 0 Å². The van der Waals surface area contributed by atoms with E-state index in [9.17, 15) is 4.79 Å². The molecule has 0 spiro atoms. The maximum Gasteiger partial charge on any atom is 0.319 e. The second-order valence-corrected chi connectivity index (χ2v) is 6.07. The SMILES string of the molecule is Cc1cc(NC(=O)NCCCOCC2CC2)ccc1Br. The van der Waals surface area contributed by atoms with E-state index in [4.69, 9.17) is 4.74 Å². The van der Waals surface area contributed by atoms with E-state index in [1.807, 2.05) is 25.1 Å². The highest BCUT2D eigenvalue weighted by Crippen LogP contribution is 2.28. The maximum absolute atomic E-state index is 11.7. The summed E-state index contributed by atoms with van der Waals surface area (Å²) >= 11 is 3.43. The fourth-order valence-electron chi connectivity index (χ4n) is 1.81. The van der Waals surface area contributed by atoms with Gasteiger partial charge in [0.2, 0.25) is 0 Å². The van der Waals surface area contributed by atoms with Gasteiger partial charge in [0.05, 0.1) is 0 Å². The van der Waals surface area contributed by atoms with Crippen LogP contribution < -0.4 is 10.6 Å². The van der Waals surface area contributed by atoms with Gasteiger partial charge in [0.25, 0.3) is 0 Å². The number of urea groups is 1. The monoisotopic (exact) mass is 340 g/mol. The molecular weight excluding hydrogens is 320 g/mol. The molecule has 110 valence electrons. The molecule has 1 saturated carbocycles. The molecule has 1 aliphatic rings. The van der Waals surface area contributed by atoms with Crippen molar-refractivity contribution in [2.75, 3.05) is 25.1 Å². The van der Waals surface area contributed by atoms with Crippen LogP contribution in [0.2, 0.25) is 0 Å².